The fraction of sp³-hybridized carbons (Fsp3) is 0.818. The second kappa shape index (κ2) is 9.49. The Morgan fingerprint density at radius 3 is 1.60 bits per heavy atom. The Morgan fingerprint density at radius 2 is 1.27 bits per heavy atom. The van der Waals surface area contributed by atoms with Gasteiger partial charge in [-0.05, 0) is 19.3 Å². The van der Waals surface area contributed by atoms with Crippen molar-refractivity contribution in [2.45, 2.75) is 46.0 Å². The number of rotatable bonds is 8. The lowest BCUT2D eigenvalue weighted by molar-refractivity contribution is -0.121. The number of amides is 2. The number of hydrogen-bond donors (Lipinski definition) is 2. The molecule has 0 unspecified atom stereocenters. The molecule has 4 heteroatoms. The largest absolute Gasteiger partial charge is 0.356 e. The molecular weight excluding hydrogens is 192 g/mol. The zero-order chi connectivity index (χ0) is 11.5. The molecule has 0 saturated heterocycles. The highest BCUT2D eigenvalue weighted by Gasteiger charge is 1.99. The van der Waals surface area contributed by atoms with Gasteiger partial charge in [0.05, 0.1) is 0 Å². The van der Waals surface area contributed by atoms with Gasteiger partial charge in [0.15, 0.2) is 0 Å². The number of hydrogen-bond acceptors (Lipinski definition) is 2. The average molecular weight is 214 g/mol. The fourth-order valence-corrected chi connectivity index (χ4v) is 1.17. The van der Waals surface area contributed by atoms with E-state index in [1.54, 1.807) is 0 Å². The summed E-state index contributed by atoms with van der Waals surface area (Å²) >= 11 is 0. The summed E-state index contributed by atoms with van der Waals surface area (Å²) in [6.45, 7) is 5.24. The first-order valence-corrected chi connectivity index (χ1v) is 5.74. The first-order chi connectivity index (χ1) is 7.20. The van der Waals surface area contributed by atoms with Crippen LogP contribution in [-0.4, -0.2) is 24.9 Å². The quantitative estimate of drug-likeness (QED) is 0.597. The molecule has 88 valence electrons. The molecular formula is C11H22N2O2. The molecule has 0 aliphatic heterocycles. The Labute approximate surface area is 91.8 Å². The minimum atomic E-state index is 0.0948. The molecule has 15 heavy (non-hydrogen) atoms. The highest BCUT2D eigenvalue weighted by molar-refractivity contribution is 5.76. The van der Waals surface area contributed by atoms with Crippen molar-refractivity contribution in [2.75, 3.05) is 13.1 Å². The van der Waals surface area contributed by atoms with Crippen LogP contribution >= 0.6 is 0 Å². The van der Waals surface area contributed by atoms with E-state index in [2.05, 4.69) is 10.6 Å². The molecule has 2 amide bonds. The van der Waals surface area contributed by atoms with Gasteiger partial charge < -0.3 is 10.6 Å². The van der Waals surface area contributed by atoms with E-state index in [4.69, 9.17) is 0 Å². The maximum Gasteiger partial charge on any atom is 0.219 e. The van der Waals surface area contributed by atoms with Crippen molar-refractivity contribution >= 4 is 11.8 Å². The summed E-state index contributed by atoms with van der Waals surface area (Å²) in [5.74, 6) is 0.190. The minimum Gasteiger partial charge on any atom is -0.356 e. The van der Waals surface area contributed by atoms with Gasteiger partial charge >= 0.3 is 0 Å². The summed E-state index contributed by atoms with van der Waals surface area (Å²) in [5.41, 5.74) is 0. The molecule has 0 fully saturated rings. The molecule has 0 aromatic carbocycles. The van der Waals surface area contributed by atoms with Gasteiger partial charge in [0.1, 0.15) is 0 Å². The van der Waals surface area contributed by atoms with Crippen LogP contribution in [0.5, 0.6) is 0 Å². The zero-order valence-electron chi connectivity index (χ0n) is 9.77. The normalized spacial score (nSPS) is 9.73. The Morgan fingerprint density at radius 1 is 0.867 bits per heavy atom. The molecule has 0 atom stereocenters. The maximum absolute atomic E-state index is 11.0. The van der Waals surface area contributed by atoms with E-state index >= 15 is 0 Å². The van der Waals surface area contributed by atoms with Crippen molar-refractivity contribution < 1.29 is 9.59 Å². The molecule has 2 N–H and O–H groups in total. The summed E-state index contributed by atoms with van der Waals surface area (Å²) < 4.78 is 0. The van der Waals surface area contributed by atoms with Gasteiger partial charge in [-0.15, -0.1) is 0 Å². The van der Waals surface area contributed by atoms with E-state index in [0.717, 1.165) is 19.3 Å². The first kappa shape index (κ1) is 13.9. The molecule has 0 saturated carbocycles. The van der Waals surface area contributed by atoms with Crippen molar-refractivity contribution in [3.63, 3.8) is 0 Å². The smallest absolute Gasteiger partial charge is 0.219 e. The molecule has 4 nitrogen and oxygen atoms in total. The lowest BCUT2D eigenvalue weighted by atomic mass is 10.3. The molecule has 0 aliphatic rings. The molecule has 0 radical (unpaired) electrons. The van der Waals surface area contributed by atoms with Gasteiger partial charge in [-0.25, -0.2) is 0 Å². The Kier molecular flexibility index (Phi) is 8.82. The molecule has 0 rings (SSSR count). The Bertz CT molecular complexity index is 173. The van der Waals surface area contributed by atoms with Crippen molar-refractivity contribution in [1.82, 2.24) is 10.6 Å². The third-order valence-corrected chi connectivity index (χ3v) is 1.95. The third-order valence-electron chi connectivity index (χ3n) is 1.95. The van der Waals surface area contributed by atoms with Gasteiger partial charge in [0, 0.05) is 25.9 Å². The second-order valence-electron chi connectivity index (χ2n) is 3.55. The molecule has 0 aromatic heterocycles. The minimum absolute atomic E-state index is 0.0948. The summed E-state index contributed by atoms with van der Waals surface area (Å²) in [6.07, 6.45) is 3.72. The van der Waals surface area contributed by atoms with Crippen LogP contribution in [0.25, 0.3) is 0 Å². The standard InChI is InChI=1S/C11H22N2O2/c1-3-6-10(14)12-8-5-9-13-11(15)7-4-2/h3-9H2,1-2H3,(H,12,14)(H,13,15). The highest BCUT2D eigenvalue weighted by Crippen LogP contribution is 1.87. The van der Waals surface area contributed by atoms with Gasteiger partial charge in [-0.3, -0.25) is 9.59 Å². The summed E-state index contributed by atoms with van der Waals surface area (Å²) in [7, 11) is 0. The SMILES string of the molecule is CCCC(=O)NCCCNC(=O)CCC. The van der Waals surface area contributed by atoms with Crippen LogP contribution < -0.4 is 10.6 Å². The first-order valence-electron chi connectivity index (χ1n) is 5.74. The Balaban J connectivity index is 3.24. The van der Waals surface area contributed by atoms with Gasteiger partial charge in [-0.1, -0.05) is 13.8 Å². The number of carbonyl (C=O) groups is 2. The van der Waals surface area contributed by atoms with Crippen molar-refractivity contribution in [3.8, 4) is 0 Å². The topological polar surface area (TPSA) is 58.2 Å². The Hall–Kier alpha value is -1.06. The van der Waals surface area contributed by atoms with E-state index in [1.807, 2.05) is 13.8 Å². The molecule has 0 heterocycles. The lowest BCUT2D eigenvalue weighted by Crippen LogP contribution is -2.29. The van der Waals surface area contributed by atoms with E-state index < -0.39 is 0 Å². The average Bonchev–Trinajstić information content (AvgIpc) is 2.18. The van der Waals surface area contributed by atoms with Crippen molar-refractivity contribution in [1.29, 1.82) is 0 Å². The van der Waals surface area contributed by atoms with E-state index in [1.165, 1.54) is 0 Å². The van der Waals surface area contributed by atoms with E-state index in [-0.39, 0.29) is 11.8 Å². The monoisotopic (exact) mass is 214 g/mol. The molecule has 0 aromatic rings. The number of nitrogens with one attached hydrogen (secondary N) is 2. The van der Waals surface area contributed by atoms with Gasteiger partial charge in [0.25, 0.3) is 0 Å². The molecule has 0 aliphatic carbocycles. The highest BCUT2D eigenvalue weighted by atomic mass is 16.2. The summed E-state index contributed by atoms with van der Waals surface area (Å²) in [6, 6.07) is 0. The summed E-state index contributed by atoms with van der Waals surface area (Å²) in [5, 5.41) is 5.60. The van der Waals surface area contributed by atoms with Crippen LogP contribution in [0.2, 0.25) is 0 Å². The van der Waals surface area contributed by atoms with Crippen LogP contribution in [0.15, 0.2) is 0 Å². The predicted octanol–water partition coefficient (Wildman–Crippen LogP) is 1.21. The lowest BCUT2D eigenvalue weighted by Gasteiger charge is -2.05. The van der Waals surface area contributed by atoms with E-state index in [0.29, 0.717) is 25.9 Å². The van der Waals surface area contributed by atoms with Crippen molar-refractivity contribution in [3.05, 3.63) is 0 Å². The molecule has 0 bridgehead atoms. The molecule has 0 spiro atoms. The maximum atomic E-state index is 11.0. The van der Waals surface area contributed by atoms with Crippen molar-refractivity contribution in [2.24, 2.45) is 0 Å². The van der Waals surface area contributed by atoms with Gasteiger partial charge in [-0.2, -0.15) is 0 Å². The van der Waals surface area contributed by atoms with Gasteiger partial charge in [0.2, 0.25) is 11.8 Å². The van der Waals surface area contributed by atoms with Crippen LogP contribution in [0.1, 0.15) is 46.0 Å². The van der Waals surface area contributed by atoms with Crippen LogP contribution in [0, 0.1) is 0 Å². The fourth-order valence-electron chi connectivity index (χ4n) is 1.17. The zero-order valence-corrected chi connectivity index (χ0v) is 9.77. The predicted molar refractivity (Wildman–Crippen MR) is 60.5 cm³/mol. The van der Waals surface area contributed by atoms with E-state index in [9.17, 15) is 9.59 Å². The third kappa shape index (κ3) is 9.25. The van der Waals surface area contributed by atoms with Crippen LogP contribution in [0.3, 0.4) is 0 Å². The number of carbonyl (C=O) groups excluding carboxylic acids is 2. The second-order valence-corrected chi connectivity index (χ2v) is 3.55. The van der Waals surface area contributed by atoms with Crippen LogP contribution in [-0.2, 0) is 9.59 Å². The van der Waals surface area contributed by atoms with Crippen LogP contribution in [0.4, 0.5) is 0 Å². The summed E-state index contributed by atoms with van der Waals surface area (Å²) in [4.78, 5) is 22.1.